The number of piperazine rings is 1. The molecule has 1 saturated heterocycles. The zero-order chi connectivity index (χ0) is 24.6. The molecule has 8 nitrogen and oxygen atoms in total. The van der Waals surface area contributed by atoms with Gasteiger partial charge in [-0.05, 0) is 49.2 Å². The monoisotopic (exact) mass is 506 g/mol. The molecule has 0 spiro atoms. The number of benzene rings is 1. The number of aromatic nitrogens is 4. The van der Waals surface area contributed by atoms with Crippen LogP contribution < -0.4 is 4.90 Å². The van der Waals surface area contributed by atoms with Crippen LogP contribution in [0.15, 0.2) is 48.7 Å². The van der Waals surface area contributed by atoms with Crippen LogP contribution in [0, 0.1) is 0 Å². The van der Waals surface area contributed by atoms with Gasteiger partial charge in [0.2, 0.25) is 0 Å². The maximum atomic E-state index is 12.8. The van der Waals surface area contributed by atoms with Crippen molar-refractivity contribution in [2.24, 2.45) is 0 Å². The van der Waals surface area contributed by atoms with Crippen molar-refractivity contribution in [3.05, 3.63) is 65.6 Å². The highest BCUT2D eigenvalue weighted by atomic mass is 32.2. The van der Waals surface area contributed by atoms with Gasteiger partial charge in [-0.25, -0.2) is 18.1 Å². The van der Waals surface area contributed by atoms with Crippen molar-refractivity contribution >= 4 is 15.7 Å². The first kappa shape index (κ1) is 23.7. The molecule has 0 unspecified atom stereocenters. The van der Waals surface area contributed by atoms with E-state index in [1.165, 1.54) is 16.8 Å². The standard InChI is InChI=1S/C23H25F3N6O2S/c24-23(25,26)17-4-6-20(7-5-17)32-15-19(28-29-32)14-30-10-12-31(13-11-30)22-3-1-2-18(27-22)16-35(33,34)21-8-9-21/h1-7,15,21H,8-14,16H2. The molecule has 0 atom stereocenters. The van der Waals surface area contributed by atoms with Gasteiger partial charge >= 0.3 is 6.18 Å². The quantitative estimate of drug-likeness (QED) is 0.487. The Morgan fingerprint density at radius 1 is 0.943 bits per heavy atom. The van der Waals surface area contributed by atoms with Crippen LogP contribution in [0.4, 0.5) is 19.0 Å². The molecule has 1 aliphatic carbocycles. The lowest BCUT2D eigenvalue weighted by Crippen LogP contribution is -2.46. The Morgan fingerprint density at radius 2 is 1.66 bits per heavy atom. The van der Waals surface area contributed by atoms with E-state index < -0.39 is 21.6 Å². The maximum absolute atomic E-state index is 12.8. The van der Waals surface area contributed by atoms with E-state index in [-0.39, 0.29) is 11.0 Å². The number of anilines is 1. The van der Waals surface area contributed by atoms with Crippen molar-refractivity contribution in [2.45, 2.75) is 36.6 Å². The molecule has 0 N–H and O–H groups in total. The summed E-state index contributed by atoms with van der Waals surface area (Å²) < 4.78 is 64.4. The van der Waals surface area contributed by atoms with Crippen LogP contribution >= 0.6 is 0 Å². The van der Waals surface area contributed by atoms with Crippen LogP contribution in [0.25, 0.3) is 5.69 Å². The molecular formula is C23H25F3N6O2S. The molecule has 12 heteroatoms. The molecule has 2 aromatic heterocycles. The molecule has 5 rings (SSSR count). The van der Waals surface area contributed by atoms with Crippen LogP contribution in [0.5, 0.6) is 0 Å². The van der Waals surface area contributed by atoms with Crippen molar-refractivity contribution in [1.29, 1.82) is 0 Å². The van der Waals surface area contributed by atoms with Gasteiger partial charge in [0, 0.05) is 32.7 Å². The molecule has 2 fully saturated rings. The van der Waals surface area contributed by atoms with Gasteiger partial charge in [-0.2, -0.15) is 13.2 Å². The lowest BCUT2D eigenvalue weighted by molar-refractivity contribution is -0.137. The number of hydrogen-bond acceptors (Lipinski definition) is 7. The topological polar surface area (TPSA) is 84.2 Å². The second-order valence-electron chi connectivity index (χ2n) is 8.96. The van der Waals surface area contributed by atoms with Gasteiger partial charge in [0.1, 0.15) is 5.82 Å². The number of pyridine rings is 1. The summed E-state index contributed by atoms with van der Waals surface area (Å²) in [6.07, 6.45) is -1.15. The summed E-state index contributed by atoms with van der Waals surface area (Å²) in [5.74, 6) is 0.765. The Kier molecular flexibility index (Phi) is 6.26. The zero-order valence-electron chi connectivity index (χ0n) is 18.9. The normalized spacial score (nSPS) is 17.6. The van der Waals surface area contributed by atoms with E-state index in [1.54, 1.807) is 12.3 Å². The molecule has 35 heavy (non-hydrogen) atoms. The number of nitrogens with zero attached hydrogens (tertiary/aromatic N) is 6. The van der Waals surface area contributed by atoms with Crippen molar-refractivity contribution < 1.29 is 21.6 Å². The second-order valence-corrected chi connectivity index (χ2v) is 11.2. The van der Waals surface area contributed by atoms with Gasteiger partial charge < -0.3 is 4.90 Å². The smallest absolute Gasteiger partial charge is 0.354 e. The molecule has 0 radical (unpaired) electrons. The van der Waals surface area contributed by atoms with E-state index in [0.717, 1.165) is 62.7 Å². The first-order valence-electron chi connectivity index (χ1n) is 11.4. The molecule has 2 aliphatic rings. The minimum Gasteiger partial charge on any atom is -0.354 e. The zero-order valence-corrected chi connectivity index (χ0v) is 19.7. The minimum absolute atomic E-state index is 0.0138. The van der Waals surface area contributed by atoms with E-state index in [9.17, 15) is 21.6 Å². The van der Waals surface area contributed by atoms with Crippen LogP contribution in [0.3, 0.4) is 0 Å². The van der Waals surface area contributed by atoms with Crippen LogP contribution in [0.2, 0.25) is 0 Å². The molecule has 186 valence electrons. The van der Waals surface area contributed by atoms with Gasteiger partial charge in [0.15, 0.2) is 9.84 Å². The van der Waals surface area contributed by atoms with Crippen molar-refractivity contribution in [1.82, 2.24) is 24.9 Å². The summed E-state index contributed by atoms with van der Waals surface area (Å²) in [7, 11) is -3.11. The predicted octanol–water partition coefficient (Wildman–Crippen LogP) is 3.08. The van der Waals surface area contributed by atoms with E-state index >= 15 is 0 Å². The number of halogens is 3. The van der Waals surface area contributed by atoms with Crippen LogP contribution in [-0.2, 0) is 28.3 Å². The summed E-state index contributed by atoms with van der Waals surface area (Å²) in [6, 6.07) is 10.3. The fraction of sp³-hybridized carbons (Fsp3) is 0.435. The largest absolute Gasteiger partial charge is 0.416 e. The number of alkyl halides is 3. The van der Waals surface area contributed by atoms with Crippen LogP contribution in [0.1, 0.15) is 29.8 Å². The number of sulfone groups is 1. The molecule has 0 amide bonds. The summed E-state index contributed by atoms with van der Waals surface area (Å²) in [5, 5.41) is 8.02. The Morgan fingerprint density at radius 3 is 2.31 bits per heavy atom. The lowest BCUT2D eigenvalue weighted by atomic mass is 10.2. The van der Waals surface area contributed by atoms with E-state index in [1.807, 2.05) is 12.1 Å². The summed E-state index contributed by atoms with van der Waals surface area (Å²) in [6.45, 7) is 3.57. The molecule has 3 aromatic rings. The SMILES string of the molecule is O=S(=O)(Cc1cccc(N2CCN(Cc3cn(-c4ccc(C(F)(F)F)cc4)nn3)CC2)n1)C1CC1. The fourth-order valence-corrected chi connectivity index (χ4v) is 5.80. The fourth-order valence-electron chi connectivity index (χ4n) is 4.14. The van der Waals surface area contributed by atoms with E-state index in [2.05, 4.69) is 25.1 Å². The third-order valence-corrected chi connectivity index (χ3v) is 8.44. The number of rotatable bonds is 7. The minimum atomic E-state index is -4.38. The summed E-state index contributed by atoms with van der Waals surface area (Å²) in [5.41, 5.74) is 1.11. The predicted molar refractivity (Wildman–Crippen MR) is 124 cm³/mol. The average molecular weight is 507 g/mol. The van der Waals surface area contributed by atoms with Crippen molar-refractivity contribution in [3.8, 4) is 5.69 Å². The van der Waals surface area contributed by atoms with Gasteiger partial charge in [0.25, 0.3) is 0 Å². The van der Waals surface area contributed by atoms with Gasteiger partial charge in [-0.3, -0.25) is 4.90 Å². The highest BCUT2D eigenvalue weighted by Gasteiger charge is 2.36. The third kappa shape index (κ3) is 5.64. The molecule has 1 saturated carbocycles. The lowest BCUT2D eigenvalue weighted by Gasteiger charge is -2.35. The summed E-state index contributed by atoms with van der Waals surface area (Å²) in [4.78, 5) is 8.95. The van der Waals surface area contributed by atoms with Crippen molar-refractivity contribution in [2.75, 3.05) is 31.1 Å². The molecule has 3 heterocycles. The first-order valence-corrected chi connectivity index (χ1v) is 13.1. The molecule has 0 bridgehead atoms. The third-order valence-electron chi connectivity index (χ3n) is 6.26. The van der Waals surface area contributed by atoms with Gasteiger partial charge in [0.05, 0.1) is 39.8 Å². The molecule has 1 aromatic carbocycles. The Labute approximate surface area is 201 Å². The average Bonchev–Trinajstić information content (AvgIpc) is 3.60. The highest BCUT2D eigenvalue weighted by Crippen LogP contribution is 2.31. The second kappa shape index (κ2) is 9.23. The van der Waals surface area contributed by atoms with E-state index in [0.29, 0.717) is 17.9 Å². The maximum Gasteiger partial charge on any atom is 0.416 e. The summed E-state index contributed by atoms with van der Waals surface area (Å²) >= 11 is 0. The molecule has 1 aliphatic heterocycles. The first-order chi connectivity index (χ1) is 16.7. The number of hydrogen-bond donors (Lipinski definition) is 0. The Hall–Kier alpha value is -2.99. The van der Waals surface area contributed by atoms with Gasteiger partial charge in [-0.1, -0.05) is 11.3 Å². The van der Waals surface area contributed by atoms with Gasteiger partial charge in [-0.15, -0.1) is 5.10 Å². The van der Waals surface area contributed by atoms with Crippen LogP contribution in [-0.4, -0.2) is 64.7 Å². The Bertz CT molecular complexity index is 1280. The molecular weight excluding hydrogens is 481 g/mol. The van der Waals surface area contributed by atoms with E-state index in [4.69, 9.17) is 0 Å². The Balaban J connectivity index is 1.16. The van der Waals surface area contributed by atoms with Crippen molar-refractivity contribution in [3.63, 3.8) is 0 Å². The highest BCUT2D eigenvalue weighted by molar-refractivity contribution is 7.91.